The van der Waals surface area contributed by atoms with Gasteiger partial charge < -0.3 is 5.32 Å². The minimum atomic E-state index is 0.741. The van der Waals surface area contributed by atoms with Crippen molar-refractivity contribution in [2.75, 3.05) is 13.1 Å². The van der Waals surface area contributed by atoms with Crippen molar-refractivity contribution in [2.24, 2.45) is 5.92 Å². The smallest absolute Gasteiger partial charge is 0.0660 e. The maximum Gasteiger partial charge on any atom is 0.0660 e. The Kier molecular flexibility index (Phi) is 3.85. The number of aromatic nitrogens is 2. The summed E-state index contributed by atoms with van der Waals surface area (Å²) >= 11 is 6.01. The molecular formula is C15H18ClN3. The molecule has 1 aliphatic heterocycles. The normalized spacial score (nSPS) is 19.5. The van der Waals surface area contributed by atoms with Gasteiger partial charge in [-0.05, 0) is 62.0 Å². The number of hydrogen-bond acceptors (Lipinski definition) is 2. The van der Waals surface area contributed by atoms with E-state index in [-0.39, 0.29) is 0 Å². The van der Waals surface area contributed by atoms with Gasteiger partial charge in [-0.1, -0.05) is 17.7 Å². The fraction of sp³-hybridized carbons (Fsp3) is 0.400. The van der Waals surface area contributed by atoms with E-state index in [0.717, 1.165) is 36.1 Å². The maximum absolute atomic E-state index is 6.01. The summed E-state index contributed by atoms with van der Waals surface area (Å²) in [6, 6.07) is 7.78. The Morgan fingerprint density at radius 1 is 1.42 bits per heavy atom. The van der Waals surface area contributed by atoms with Crippen molar-refractivity contribution >= 4 is 11.6 Å². The van der Waals surface area contributed by atoms with Crippen molar-refractivity contribution in [1.82, 2.24) is 15.1 Å². The number of nitrogens with zero attached hydrogens (tertiary/aromatic N) is 2. The standard InChI is InChI=1S/C15H18ClN3/c16-14-4-1-5-15(8-14)19-11-13(10-18-19)7-12-3-2-6-17-9-12/h1,4-5,8,10-12,17H,2-3,6-7,9H2. The van der Waals surface area contributed by atoms with Crippen LogP contribution in [0, 0.1) is 5.92 Å². The van der Waals surface area contributed by atoms with E-state index in [4.69, 9.17) is 11.6 Å². The number of benzene rings is 1. The van der Waals surface area contributed by atoms with Gasteiger partial charge >= 0.3 is 0 Å². The van der Waals surface area contributed by atoms with Gasteiger partial charge in [0.15, 0.2) is 0 Å². The fourth-order valence-electron chi connectivity index (χ4n) is 2.66. The third kappa shape index (κ3) is 3.17. The van der Waals surface area contributed by atoms with Crippen LogP contribution in [0.25, 0.3) is 5.69 Å². The molecular weight excluding hydrogens is 258 g/mol. The van der Waals surface area contributed by atoms with E-state index in [9.17, 15) is 0 Å². The average molecular weight is 276 g/mol. The molecule has 1 fully saturated rings. The molecule has 19 heavy (non-hydrogen) atoms. The lowest BCUT2D eigenvalue weighted by Gasteiger charge is -2.21. The highest BCUT2D eigenvalue weighted by molar-refractivity contribution is 6.30. The van der Waals surface area contributed by atoms with Crippen molar-refractivity contribution in [3.63, 3.8) is 0 Å². The highest BCUT2D eigenvalue weighted by atomic mass is 35.5. The fourth-order valence-corrected chi connectivity index (χ4v) is 2.84. The molecule has 1 aromatic carbocycles. The molecule has 0 aliphatic carbocycles. The predicted molar refractivity (Wildman–Crippen MR) is 77.9 cm³/mol. The summed E-state index contributed by atoms with van der Waals surface area (Å²) in [5.41, 5.74) is 2.31. The van der Waals surface area contributed by atoms with Crippen molar-refractivity contribution in [3.05, 3.63) is 47.2 Å². The van der Waals surface area contributed by atoms with E-state index in [1.807, 2.05) is 35.1 Å². The Balaban J connectivity index is 1.72. The van der Waals surface area contributed by atoms with Crippen molar-refractivity contribution < 1.29 is 0 Å². The maximum atomic E-state index is 6.01. The van der Waals surface area contributed by atoms with E-state index in [1.54, 1.807) is 0 Å². The summed E-state index contributed by atoms with van der Waals surface area (Å²) in [6.45, 7) is 2.29. The highest BCUT2D eigenvalue weighted by Gasteiger charge is 2.14. The van der Waals surface area contributed by atoms with Crippen molar-refractivity contribution in [1.29, 1.82) is 0 Å². The zero-order valence-corrected chi connectivity index (χ0v) is 11.6. The Hall–Kier alpha value is -1.32. The Labute approximate surface area is 118 Å². The van der Waals surface area contributed by atoms with Crippen LogP contribution in [0.1, 0.15) is 18.4 Å². The first-order valence-corrected chi connectivity index (χ1v) is 7.19. The molecule has 0 bridgehead atoms. The largest absolute Gasteiger partial charge is 0.316 e. The monoisotopic (exact) mass is 275 g/mol. The molecule has 1 atom stereocenters. The summed E-state index contributed by atoms with van der Waals surface area (Å²) in [4.78, 5) is 0. The molecule has 0 spiro atoms. The quantitative estimate of drug-likeness (QED) is 0.933. The lowest BCUT2D eigenvalue weighted by molar-refractivity contribution is 0.376. The number of piperidine rings is 1. The van der Waals surface area contributed by atoms with E-state index in [1.165, 1.54) is 18.4 Å². The van der Waals surface area contributed by atoms with Crippen LogP contribution in [0.3, 0.4) is 0 Å². The number of nitrogens with one attached hydrogen (secondary N) is 1. The first-order chi connectivity index (χ1) is 9.31. The van der Waals surface area contributed by atoms with Gasteiger partial charge in [-0.3, -0.25) is 0 Å². The van der Waals surface area contributed by atoms with E-state index in [2.05, 4.69) is 16.6 Å². The third-order valence-electron chi connectivity index (χ3n) is 3.63. The molecule has 1 N–H and O–H groups in total. The second kappa shape index (κ2) is 5.76. The Morgan fingerprint density at radius 2 is 2.37 bits per heavy atom. The Bertz CT molecular complexity index is 544. The van der Waals surface area contributed by atoms with Gasteiger partial charge in [0.1, 0.15) is 0 Å². The lowest BCUT2D eigenvalue weighted by Crippen LogP contribution is -2.30. The first kappa shape index (κ1) is 12.7. The lowest BCUT2D eigenvalue weighted by atomic mass is 9.94. The van der Waals surface area contributed by atoms with Gasteiger partial charge in [-0.2, -0.15) is 5.10 Å². The van der Waals surface area contributed by atoms with Gasteiger partial charge in [0, 0.05) is 11.2 Å². The van der Waals surface area contributed by atoms with E-state index >= 15 is 0 Å². The topological polar surface area (TPSA) is 29.9 Å². The van der Waals surface area contributed by atoms with E-state index < -0.39 is 0 Å². The highest BCUT2D eigenvalue weighted by Crippen LogP contribution is 2.18. The van der Waals surface area contributed by atoms with Gasteiger partial charge in [-0.25, -0.2) is 4.68 Å². The molecule has 2 heterocycles. The molecule has 100 valence electrons. The van der Waals surface area contributed by atoms with Crippen LogP contribution < -0.4 is 5.32 Å². The summed E-state index contributed by atoms with van der Waals surface area (Å²) in [6.07, 6.45) is 7.78. The number of hydrogen-bond donors (Lipinski definition) is 1. The second-order valence-electron chi connectivity index (χ2n) is 5.19. The first-order valence-electron chi connectivity index (χ1n) is 6.81. The van der Waals surface area contributed by atoms with Gasteiger partial charge in [0.25, 0.3) is 0 Å². The van der Waals surface area contributed by atoms with Gasteiger partial charge in [-0.15, -0.1) is 0 Å². The molecule has 0 radical (unpaired) electrons. The van der Waals surface area contributed by atoms with E-state index in [0.29, 0.717) is 0 Å². The minimum Gasteiger partial charge on any atom is -0.316 e. The third-order valence-corrected chi connectivity index (χ3v) is 3.87. The summed E-state index contributed by atoms with van der Waals surface area (Å²) in [7, 11) is 0. The predicted octanol–water partition coefficient (Wildman–Crippen LogP) is 3.07. The zero-order chi connectivity index (χ0) is 13.1. The molecule has 1 unspecified atom stereocenters. The Morgan fingerprint density at radius 3 is 3.16 bits per heavy atom. The van der Waals surface area contributed by atoms with Crippen molar-refractivity contribution in [3.8, 4) is 5.69 Å². The SMILES string of the molecule is Clc1cccc(-n2cc(CC3CCCNC3)cn2)c1. The summed E-state index contributed by atoms with van der Waals surface area (Å²) in [5, 5.41) is 8.63. The zero-order valence-electron chi connectivity index (χ0n) is 10.8. The molecule has 1 saturated heterocycles. The summed E-state index contributed by atoms with van der Waals surface area (Å²) in [5.74, 6) is 0.741. The molecule has 3 nitrogen and oxygen atoms in total. The minimum absolute atomic E-state index is 0.741. The van der Waals surface area contributed by atoms with Crippen LogP contribution in [0.5, 0.6) is 0 Å². The van der Waals surface area contributed by atoms with Crippen LogP contribution in [0.4, 0.5) is 0 Å². The van der Waals surface area contributed by atoms with Crippen molar-refractivity contribution in [2.45, 2.75) is 19.3 Å². The van der Waals surface area contributed by atoms with Crippen LogP contribution in [0.15, 0.2) is 36.7 Å². The molecule has 1 aromatic heterocycles. The molecule has 3 rings (SSSR count). The van der Waals surface area contributed by atoms with Gasteiger partial charge in [0.2, 0.25) is 0 Å². The van der Waals surface area contributed by atoms with Crippen LogP contribution in [0.2, 0.25) is 5.02 Å². The molecule has 1 aliphatic rings. The molecule has 4 heteroatoms. The van der Waals surface area contributed by atoms with Crippen LogP contribution in [-0.2, 0) is 6.42 Å². The number of halogens is 1. The van der Waals surface area contributed by atoms with Crippen LogP contribution >= 0.6 is 11.6 Å². The number of rotatable bonds is 3. The van der Waals surface area contributed by atoms with Crippen LogP contribution in [-0.4, -0.2) is 22.9 Å². The second-order valence-corrected chi connectivity index (χ2v) is 5.63. The molecule has 0 saturated carbocycles. The molecule has 2 aromatic rings. The molecule has 0 amide bonds. The average Bonchev–Trinajstić information content (AvgIpc) is 2.88. The summed E-state index contributed by atoms with van der Waals surface area (Å²) < 4.78 is 1.90. The van der Waals surface area contributed by atoms with Gasteiger partial charge in [0.05, 0.1) is 11.9 Å².